The van der Waals surface area contributed by atoms with Gasteiger partial charge in [-0.25, -0.2) is 0 Å². The summed E-state index contributed by atoms with van der Waals surface area (Å²) in [5.74, 6) is 0.975. The van der Waals surface area contributed by atoms with Crippen molar-refractivity contribution >= 4 is 39.9 Å². The van der Waals surface area contributed by atoms with Crippen molar-refractivity contribution in [3.05, 3.63) is 19.9 Å². The Hall–Kier alpha value is -0.380. The molecule has 0 spiro atoms. The Morgan fingerprint density at radius 2 is 2.26 bits per heavy atom. The van der Waals surface area contributed by atoms with Crippen LogP contribution in [-0.4, -0.2) is 63.0 Å². The predicted octanol–water partition coefficient (Wildman–Crippen LogP) is 2.35. The molecule has 2 fully saturated rings. The number of thiophene rings is 1. The minimum absolute atomic E-state index is 0.170. The van der Waals surface area contributed by atoms with Gasteiger partial charge in [0, 0.05) is 38.2 Å². The lowest BCUT2D eigenvalue weighted by atomic mass is 10.1. The van der Waals surface area contributed by atoms with Gasteiger partial charge in [-0.3, -0.25) is 4.99 Å². The minimum atomic E-state index is 0.170. The monoisotopic (exact) mass is 449 g/mol. The van der Waals surface area contributed by atoms with Crippen LogP contribution < -0.4 is 5.32 Å². The lowest BCUT2D eigenvalue weighted by Gasteiger charge is -2.37. The van der Waals surface area contributed by atoms with Crippen LogP contribution in [0, 0.1) is 2.88 Å². The summed E-state index contributed by atoms with van der Waals surface area (Å²) < 4.78 is 13.0. The number of nitrogens with zero attached hydrogens (tertiary/aromatic N) is 2. The zero-order valence-electron chi connectivity index (χ0n) is 13.5. The molecule has 2 aliphatic heterocycles. The number of halogens is 1. The lowest BCUT2D eigenvalue weighted by molar-refractivity contribution is -0.0816. The number of morpholine rings is 1. The molecule has 0 radical (unpaired) electrons. The Labute approximate surface area is 155 Å². The Balaban J connectivity index is 1.49. The molecule has 2 aliphatic rings. The maximum atomic E-state index is 5.91. The Kier molecular flexibility index (Phi) is 6.55. The number of hydrogen-bond donors (Lipinski definition) is 1. The molecule has 3 rings (SSSR count). The van der Waals surface area contributed by atoms with E-state index in [9.17, 15) is 0 Å². The minimum Gasteiger partial charge on any atom is -0.375 e. The fourth-order valence-electron chi connectivity index (χ4n) is 3.10. The van der Waals surface area contributed by atoms with E-state index in [0.29, 0.717) is 0 Å². The first-order valence-electron chi connectivity index (χ1n) is 8.19. The molecule has 0 bridgehead atoms. The molecule has 2 unspecified atom stereocenters. The fraction of sp³-hybridized carbons (Fsp3) is 0.688. The third-order valence-corrected chi connectivity index (χ3v) is 6.22. The van der Waals surface area contributed by atoms with Gasteiger partial charge in [0.1, 0.15) is 6.10 Å². The predicted molar refractivity (Wildman–Crippen MR) is 102 cm³/mol. The van der Waals surface area contributed by atoms with E-state index in [4.69, 9.17) is 9.47 Å². The number of aliphatic imine (C=N–C) groups is 1. The molecule has 1 aromatic rings. The summed E-state index contributed by atoms with van der Waals surface area (Å²) in [4.78, 5) is 8.16. The second kappa shape index (κ2) is 8.64. The summed E-state index contributed by atoms with van der Waals surface area (Å²) in [7, 11) is 1.85. The molecule has 128 valence electrons. The van der Waals surface area contributed by atoms with Crippen LogP contribution in [-0.2, 0) is 15.9 Å². The van der Waals surface area contributed by atoms with E-state index in [-0.39, 0.29) is 12.2 Å². The summed E-state index contributed by atoms with van der Waals surface area (Å²) >= 11 is 4.23. The van der Waals surface area contributed by atoms with Crippen molar-refractivity contribution in [1.29, 1.82) is 0 Å². The normalized spacial score (nSPS) is 25.8. The molecule has 5 nitrogen and oxygen atoms in total. The Morgan fingerprint density at radius 1 is 1.39 bits per heavy atom. The molecule has 2 saturated heterocycles. The van der Waals surface area contributed by atoms with Crippen molar-refractivity contribution in [2.45, 2.75) is 31.5 Å². The number of hydrogen-bond acceptors (Lipinski definition) is 4. The molecule has 0 amide bonds. The number of nitrogens with one attached hydrogen (secondary N) is 1. The van der Waals surface area contributed by atoms with Crippen molar-refractivity contribution in [2.75, 3.05) is 39.9 Å². The van der Waals surface area contributed by atoms with Crippen molar-refractivity contribution in [1.82, 2.24) is 10.2 Å². The molecule has 0 saturated carbocycles. The van der Waals surface area contributed by atoms with Gasteiger partial charge in [0.25, 0.3) is 0 Å². The molecule has 0 aromatic carbocycles. The molecular weight excluding hydrogens is 425 g/mol. The molecule has 1 N–H and O–H groups in total. The Morgan fingerprint density at radius 3 is 2.96 bits per heavy atom. The van der Waals surface area contributed by atoms with Crippen LogP contribution in [0.2, 0.25) is 0 Å². The summed E-state index contributed by atoms with van der Waals surface area (Å²) in [6, 6.07) is 4.38. The van der Waals surface area contributed by atoms with Crippen LogP contribution in [0.5, 0.6) is 0 Å². The maximum Gasteiger partial charge on any atom is 0.193 e. The van der Waals surface area contributed by atoms with E-state index in [1.165, 1.54) is 7.76 Å². The van der Waals surface area contributed by atoms with Gasteiger partial charge in [-0.1, -0.05) is 0 Å². The van der Waals surface area contributed by atoms with E-state index < -0.39 is 0 Å². The van der Waals surface area contributed by atoms with Crippen LogP contribution in [0.25, 0.3) is 0 Å². The Bertz CT molecular complexity index is 531. The highest BCUT2D eigenvalue weighted by Crippen LogP contribution is 2.21. The van der Waals surface area contributed by atoms with Gasteiger partial charge in [-0.2, -0.15) is 0 Å². The van der Waals surface area contributed by atoms with Gasteiger partial charge >= 0.3 is 0 Å². The molecule has 3 heterocycles. The van der Waals surface area contributed by atoms with Crippen LogP contribution in [0.4, 0.5) is 0 Å². The fourth-order valence-corrected chi connectivity index (χ4v) is 4.86. The van der Waals surface area contributed by atoms with Gasteiger partial charge in [0.15, 0.2) is 5.96 Å². The van der Waals surface area contributed by atoms with Crippen molar-refractivity contribution in [3.63, 3.8) is 0 Å². The molecule has 1 aromatic heterocycles. The first-order valence-corrected chi connectivity index (χ1v) is 10.1. The lowest BCUT2D eigenvalue weighted by Crippen LogP contribution is -2.53. The number of ether oxygens (including phenoxy) is 2. The SMILES string of the molecule is CN=C(NCCc1ccc(I)s1)N1CCOC(C2CCCO2)C1. The van der Waals surface area contributed by atoms with Gasteiger partial charge < -0.3 is 19.7 Å². The van der Waals surface area contributed by atoms with Crippen molar-refractivity contribution in [2.24, 2.45) is 4.99 Å². The molecule has 23 heavy (non-hydrogen) atoms. The van der Waals surface area contributed by atoms with Gasteiger partial charge in [0.2, 0.25) is 0 Å². The highest BCUT2D eigenvalue weighted by molar-refractivity contribution is 14.1. The van der Waals surface area contributed by atoms with E-state index in [1.807, 2.05) is 18.4 Å². The van der Waals surface area contributed by atoms with Crippen molar-refractivity contribution in [3.8, 4) is 0 Å². The molecule has 7 heteroatoms. The first kappa shape index (κ1) is 17.4. The maximum absolute atomic E-state index is 5.91. The van der Waals surface area contributed by atoms with E-state index in [2.05, 4.69) is 49.9 Å². The van der Waals surface area contributed by atoms with E-state index >= 15 is 0 Å². The summed E-state index contributed by atoms with van der Waals surface area (Å²) in [5, 5.41) is 3.49. The van der Waals surface area contributed by atoms with Gasteiger partial charge in [0.05, 0.1) is 15.6 Å². The first-order chi connectivity index (χ1) is 11.3. The third-order valence-electron chi connectivity index (χ3n) is 4.27. The quantitative estimate of drug-likeness (QED) is 0.436. The highest BCUT2D eigenvalue weighted by atomic mass is 127. The summed E-state index contributed by atoms with van der Waals surface area (Å²) in [5.41, 5.74) is 0. The molecular formula is C16H24IN3O2S. The second-order valence-corrected chi connectivity index (χ2v) is 8.90. The standard InChI is InChI=1S/C16H24IN3O2S/c1-18-16(19-7-6-12-4-5-15(17)23-12)20-8-10-22-14(11-20)13-3-2-9-21-13/h4-5,13-14H,2-3,6-11H2,1H3,(H,18,19). The van der Waals surface area contributed by atoms with Gasteiger partial charge in [-0.05, 0) is 54.0 Å². The van der Waals surface area contributed by atoms with Crippen molar-refractivity contribution < 1.29 is 9.47 Å². The molecule has 0 aliphatic carbocycles. The number of guanidine groups is 1. The van der Waals surface area contributed by atoms with Gasteiger partial charge in [-0.15, -0.1) is 11.3 Å². The van der Waals surface area contributed by atoms with Crippen LogP contribution in [0.3, 0.4) is 0 Å². The average Bonchev–Trinajstić information content (AvgIpc) is 3.23. The zero-order chi connectivity index (χ0) is 16.1. The van der Waals surface area contributed by atoms with Crippen LogP contribution in [0.1, 0.15) is 17.7 Å². The van der Waals surface area contributed by atoms with E-state index in [0.717, 1.165) is 58.1 Å². The molecule has 2 atom stereocenters. The highest BCUT2D eigenvalue weighted by Gasteiger charge is 2.32. The third kappa shape index (κ3) is 4.80. The number of rotatable bonds is 4. The van der Waals surface area contributed by atoms with Crippen LogP contribution in [0.15, 0.2) is 17.1 Å². The summed E-state index contributed by atoms with van der Waals surface area (Å²) in [6.07, 6.45) is 3.72. The zero-order valence-corrected chi connectivity index (χ0v) is 16.4. The topological polar surface area (TPSA) is 46.1 Å². The largest absolute Gasteiger partial charge is 0.375 e. The average molecular weight is 449 g/mol. The summed E-state index contributed by atoms with van der Waals surface area (Å²) in [6.45, 7) is 4.28. The van der Waals surface area contributed by atoms with Crippen LogP contribution >= 0.6 is 33.9 Å². The van der Waals surface area contributed by atoms with E-state index in [1.54, 1.807) is 0 Å². The smallest absolute Gasteiger partial charge is 0.193 e. The second-order valence-electron chi connectivity index (χ2n) is 5.84.